The quantitative estimate of drug-likeness (QED) is 0.579. The van der Waals surface area contributed by atoms with Gasteiger partial charge in [-0.25, -0.2) is 0 Å². The lowest BCUT2D eigenvalue weighted by molar-refractivity contribution is 0.355. The summed E-state index contributed by atoms with van der Waals surface area (Å²) in [6, 6.07) is 5.12. The summed E-state index contributed by atoms with van der Waals surface area (Å²) >= 11 is 4.48. The number of aliphatic imine (C=N–C) groups is 1. The number of thiocarbonyl (C=S) groups is 1. The second kappa shape index (κ2) is 5.11. The van der Waals surface area contributed by atoms with Crippen molar-refractivity contribution in [3.05, 3.63) is 17.7 Å². The molecule has 15 heavy (non-hydrogen) atoms. The summed E-state index contributed by atoms with van der Waals surface area (Å²) in [6.45, 7) is 0. The fraction of sp³-hybridized carbons (Fsp3) is 0.200. The Balaban J connectivity index is 3.41. The van der Waals surface area contributed by atoms with E-state index in [1.165, 1.54) is 14.2 Å². The van der Waals surface area contributed by atoms with E-state index in [0.717, 1.165) is 0 Å². The molecule has 0 aliphatic carbocycles. The first-order chi connectivity index (χ1) is 7.26. The highest BCUT2D eigenvalue weighted by Crippen LogP contribution is 2.34. The predicted octanol–water partition coefficient (Wildman–Crippen LogP) is 2.31. The van der Waals surface area contributed by atoms with Crippen LogP contribution in [-0.2, 0) is 0 Å². The maximum atomic E-state index is 8.86. The summed E-state index contributed by atoms with van der Waals surface area (Å²) in [7, 11) is 3.01. The molecule has 0 amide bonds. The molecule has 0 N–H and O–H groups in total. The van der Waals surface area contributed by atoms with Crippen LogP contribution in [0.15, 0.2) is 17.1 Å². The van der Waals surface area contributed by atoms with Crippen LogP contribution >= 0.6 is 12.2 Å². The average Bonchev–Trinajstić information content (AvgIpc) is 2.28. The molecule has 0 fully saturated rings. The Labute approximate surface area is 92.8 Å². The number of benzene rings is 1. The second-order valence-corrected chi connectivity index (χ2v) is 2.72. The first kappa shape index (κ1) is 11.2. The van der Waals surface area contributed by atoms with E-state index in [-0.39, 0.29) is 0 Å². The summed E-state index contributed by atoms with van der Waals surface area (Å²) in [6.07, 6.45) is 0. The van der Waals surface area contributed by atoms with Crippen molar-refractivity contribution in [1.82, 2.24) is 0 Å². The highest BCUT2D eigenvalue weighted by Gasteiger charge is 2.09. The zero-order chi connectivity index (χ0) is 11.3. The van der Waals surface area contributed by atoms with Crippen molar-refractivity contribution < 1.29 is 9.47 Å². The highest BCUT2D eigenvalue weighted by molar-refractivity contribution is 7.78. The first-order valence-electron chi connectivity index (χ1n) is 4.00. The zero-order valence-electron chi connectivity index (χ0n) is 8.27. The van der Waals surface area contributed by atoms with E-state index in [2.05, 4.69) is 22.4 Å². The monoisotopic (exact) mass is 220 g/mol. The van der Waals surface area contributed by atoms with Gasteiger partial charge in [-0.05, 0) is 12.2 Å². The fourth-order valence-corrected chi connectivity index (χ4v) is 1.20. The van der Waals surface area contributed by atoms with Crippen LogP contribution in [0.4, 0.5) is 5.69 Å². The molecule has 1 aromatic rings. The van der Waals surface area contributed by atoms with Gasteiger partial charge in [0, 0.05) is 12.1 Å². The predicted molar refractivity (Wildman–Crippen MR) is 58.9 cm³/mol. The van der Waals surface area contributed by atoms with Crippen molar-refractivity contribution in [2.75, 3.05) is 14.2 Å². The molecule has 0 aromatic heterocycles. The molecule has 0 radical (unpaired) electrons. The molecule has 1 rings (SSSR count). The standard InChI is InChI=1S/C10H8N2O2S/c1-13-9-3-7(5-11)8(12-6-15)4-10(9)14-2/h3-4H,1-2H3. The lowest BCUT2D eigenvalue weighted by atomic mass is 10.1. The van der Waals surface area contributed by atoms with Crippen molar-refractivity contribution in [1.29, 1.82) is 5.26 Å². The normalized spacial score (nSPS) is 8.60. The molecular formula is C10H8N2O2S. The third kappa shape index (κ3) is 2.32. The van der Waals surface area contributed by atoms with Crippen LogP contribution in [0.5, 0.6) is 11.5 Å². The topological polar surface area (TPSA) is 54.6 Å². The van der Waals surface area contributed by atoms with Gasteiger partial charge in [-0.2, -0.15) is 10.3 Å². The van der Waals surface area contributed by atoms with Gasteiger partial charge in [0.1, 0.15) is 6.07 Å². The molecule has 0 saturated heterocycles. The van der Waals surface area contributed by atoms with Crippen LogP contribution in [0.2, 0.25) is 0 Å². The Hall–Kier alpha value is -1.89. The van der Waals surface area contributed by atoms with E-state index in [1.54, 1.807) is 12.1 Å². The maximum absolute atomic E-state index is 8.86. The van der Waals surface area contributed by atoms with E-state index in [4.69, 9.17) is 14.7 Å². The summed E-state index contributed by atoms with van der Waals surface area (Å²) in [5.74, 6) is 0.984. The van der Waals surface area contributed by atoms with Crippen molar-refractivity contribution in [2.45, 2.75) is 0 Å². The van der Waals surface area contributed by atoms with Crippen molar-refractivity contribution >= 4 is 23.1 Å². The molecule has 0 spiro atoms. The second-order valence-electron chi connectivity index (χ2n) is 2.54. The Morgan fingerprint density at radius 1 is 1.27 bits per heavy atom. The molecule has 1 aromatic carbocycles. The van der Waals surface area contributed by atoms with Gasteiger partial charge in [-0.1, -0.05) is 0 Å². The number of nitriles is 1. The van der Waals surface area contributed by atoms with Crippen molar-refractivity contribution in [2.24, 2.45) is 4.99 Å². The van der Waals surface area contributed by atoms with Crippen LogP contribution < -0.4 is 9.47 Å². The zero-order valence-corrected chi connectivity index (χ0v) is 9.09. The third-order valence-corrected chi connectivity index (χ3v) is 1.88. The molecule has 0 aliphatic heterocycles. The number of ether oxygens (including phenoxy) is 2. The van der Waals surface area contributed by atoms with Crippen LogP contribution in [0.25, 0.3) is 0 Å². The van der Waals surface area contributed by atoms with E-state index in [0.29, 0.717) is 22.7 Å². The highest BCUT2D eigenvalue weighted by atomic mass is 32.1. The lowest BCUT2D eigenvalue weighted by Crippen LogP contribution is -1.91. The van der Waals surface area contributed by atoms with Crippen LogP contribution in [0.1, 0.15) is 5.56 Å². The van der Waals surface area contributed by atoms with Crippen LogP contribution in [0, 0.1) is 11.3 Å². The Morgan fingerprint density at radius 2 is 1.87 bits per heavy atom. The van der Waals surface area contributed by atoms with Gasteiger partial charge in [-0.15, -0.1) is 0 Å². The van der Waals surface area contributed by atoms with E-state index >= 15 is 0 Å². The van der Waals surface area contributed by atoms with Gasteiger partial charge >= 0.3 is 0 Å². The van der Waals surface area contributed by atoms with Gasteiger partial charge in [-0.3, -0.25) is 0 Å². The average molecular weight is 220 g/mol. The molecule has 0 aliphatic rings. The molecule has 0 bridgehead atoms. The summed E-state index contributed by atoms with van der Waals surface area (Å²) in [4.78, 5) is 3.77. The number of nitrogens with zero attached hydrogens (tertiary/aromatic N) is 2. The number of rotatable bonds is 3. The number of hydrogen-bond acceptors (Lipinski definition) is 5. The summed E-state index contributed by atoms with van der Waals surface area (Å²) in [5.41, 5.74) is 0.787. The van der Waals surface area contributed by atoms with Gasteiger partial charge in [0.05, 0.1) is 30.6 Å². The third-order valence-electron chi connectivity index (χ3n) is 1.79. The van der Waals surface area contributed by atoms with Crippen molar-refractivity contribution in [3.8, 4) is 17.6 Å². The molecule has 0 heterocycles. The molecule has 76 valence electrons. The largest absolute Gasteiger partial charge is 0.493 e. The molecular weight excluding hydrogens is 212 g/mol. The molecule has 0 unspecified atom stereocenters. The summed E-state index contributed by atoms with van der Waals surface area (Å²) in [5, 5.41) is 11.1. The number of isothiocyanates is 1. The van der Waals surface area contributed by atoms with Gasteiger partial charge in [0.25, 0.3) is 0 Å². The van der Waals surface area contributed by atoms with Gasteiger partial charge in [0.2, 0.25) is 0 Å². The van der Waals surface area contributed by atoms with Crippen LogP contribution in [-0.4, -0.2) is 19.4 Å². The Morgan fingerprint density at radius 3 is 2.33 bits per heavy atom. The summed E-state index contributed by atoms with van der Waals surface area (Å²) < 4.78 is 10.1. The lowest BCUT2D eigenvalue weighted by Gasteiger charge is -2.08. The Kier molecular flexibility index (Phi) is 3.81. The number of hydrogen-bond donors (Lipinski definition) is 0. The Bertz CT molecular complexity index is 459. The molecule has 4 nitrogen and oxygen atoms in total. The smallest absolute Gasteiger partial charge is 0.162 e. The van der Waals surface area contributed by atoms with Gasteiger partial charge in [0.15, 0.2) is 11.5 Å². The minimum atomic E-state index is 0.366. The maximum Gasteiger partial charge on any atom is 0.162 e. The minimum Gasteiger partial charge on any atom is -0.493 e. The number of methoxy groups -OCH3 is 2. The first-order valence-corrected chi connectivity index (χ1v) is 4.41. The van der Waals surface area contributed by atoms with Crippen molar-refractivity contribution in [3.63, 3.8) is 0 Å². The fourth-order valence-electron chi connectivity index (χ4n) is 1.10. The van der Waals surface area contributed by atoms with Gasteiger partial charge < -0.3 is 9.47 Å². The minimum absolute atomic E-state index is 0.366. The molecule has 0 saturated carbocycles. The van der Waals surface area contributed by atoms with E-state index in [9.17, 15) is 0 Å². The SMILES string of the molecule is COc1cc(C#N)c(N=C=S)cc1OC. The molecule has 5 heteroatoms. The molecule has 0 atom stereocenters. The van der Waals surface area contributed by atoms with E-state index < -0.39 is 0 Å². The van der Waals surface area contributed by atoms with E-state index in [1.807, 2.05) is 6.07 Å². The van der Waals surface area contributed by atoms with Crippen LogP contribution in [0.3, 0.4) is 0 Å².